The van der Waals surface area contributed by atoms with Gasteiger partial charge in [0.2, 0.25) is 0 Å². The molecule has 1 unspecified atom stereocenters. The van der Waals surface area contributed by atoms with E-state index < -0.39 is 24.2 Å². The molecule has 174 valence electrons. The third kappa shape index (κ3) is 5.22. The lowest BCUT2D eigenvalue weighted by atomic mass is 9.89. The molecule has 2 aromatic carbocycles. The Bertz CT molecular complexity index is 1130. The first-order valence-corrected chi connectivity index (χ1v) is 11.5. The molecule has 1 saturated carbocycles. The second kappa shape index (κ2) is 9.96. The van der Waals surface area contributed by atoms with Crippen molar-refractivity contribution in [1.82, 2.24) is 4.98 Å². The van der Waals surface area contributed by atoms with E-state index in [0.29, 0.717) is 18.8 Å². The second-order valence-corrected chi connectivity index (χ2v) is 8.90. The van der Waals surface area contributed by atoms with Crippen LogP contribution < -0.4 is 0 Å². The Morgan fingerprint density at radius 1 is 1.18 bits per heavy atom. The van der Waals surface area contributed by atoms with E-state index in [2.05, 4.69) is 4.74 Å². The Kier molecular flexibility index (Phi) is 7.03. The summed E-state index contributed by atoms with van der Waals surface area (Å²) < 4.78 is 32.8. The van der Waals surface area contributed by atoms with E-state index in [1.165, 1.54) is 26.2 Å². The molecule has 1 fully saturated rings. The van der Waals surface area contributed by atoms with Gasteiger partial charge >= 0.3 is 5.97 Å². The van der Waals surface area contributed by atoms with Gasteiger partial charge in [0.1, 0.15) is 12.0 Å². The number of aliphatic hydroxyl groups excluding tert-OH is 1. The summed E-state index contributed by atoms with van der Waals surface area (Å²) in [5, 5.41) is 11.6. The van der Waals surface area contributed by atoms with Gasteiger partial charge in [-0.3, -0.25) is 9.78 Å². The number of aromatic nitrogens is 1. The smallest absolute Gasteiger partial charge is 0.311 e. The number of hydrogen-bond acceptors (Lipinski definition) is 4. The number of hydrogen-bond donors (Lipinski definition) is 1. The van der Waals surface area contributed by atoms with Gasteiger partial charge in [0.05, 0.1) is 24.6 Å². The van der Waals surface area contributed by atoms with Gasteiger partial charge in [-0.25, -0.2) is 8.78 Å². The highest BCUT2D eigenvalue weighted by Crippen LogP contribution is 2.45. The number of alkyl halides is 1. The SMILES string of the molecule is COC(=O)C(C)[C@@H](F)C[C@H](O)CCc1c(C2CC2)nc2ccccc2c1-c1ccc(F)cc1. The third-order valence-corrected chi connectivity index (χ3v) is 6.46. The fourth-order valence-electron chi connectivity index (χ4n) is 4.39. The summed E-state index contributed by atoms with van der Waals surface area (Å²) >= 11 is 0. The predicted octanol–water partition coefficient (Wildman–Crippen LogP) is 5.75. The van der Waals surface area contributed by atoms with Crippen molar-refractivity contribution in [2.75, 3.05) is 7.11 Å². The summed E-state index contributed by atoms with van der Waals surface area (Å²) in [5.74, 6) is -1.48. The highest BCUT2D eigenvalue weighted by Gasteiger charge is 2.31. The first-order valence-electron chi connectivity index (χ1n) is 11.5. The summed E-state index contributed by atoms with van der Waals surface area (Å²) in [7, 11) is 1.23. The fraction of sp³-hybridized carbons (Fsp3) is 0.407. The highest BCUT2D eigenvalue weighted by atomic mass is 19.1. The van der Waals surface area contributed by atoms with Gasteiger partial charge in [0.25, 0.3) is 0 Å². The van der Waals surface area contributed by atoms with Crippen LogP contribution in [0.15, 0.2) is 48.5 Å². The molecule has 1 aromatic heterocycles. The van der Waals surface area contributed by atoms with Crippen molar-refractivity contribution in [3.05, 3.63) is 65.6 Å². The van der Waals surface area contributed by atoms with E-state index in [9.17, 15) is 18.7 Å². The Labute approximate surface area is 192 Å². The molecule has 1 aliphatic rings. The Morgan fingerprint density at radius 3 is 2.55 bits per heavy atom. The first-order chi connectivity index (χ1) is 15.9. The standard InChI is InChI=1S/C27H29F2NO3/c1-16(27(32)33-2)23(29)15-20(31)13-14-22-25(17-9-11-19(28)12-10-17)21-5-3-4-6-24(21)30-26(22)18-7-8-18/h3-6,9-12,16,18,20,23,31H,7-8,13-15H2,1-2H3/t16?,20-,23+/m1/s1. The average Bonchev–Trinajstić information content (AvgIpc) is 3.67. The minimum atomic E-state index is -1.48. The molecular formula is C27H29F2NO3. The monoisotopic (exact) mass is 453 g/mol. The van der Waals surface area contributed by atoms with Crippen molar-refractivity contribution >= 4 is 16.9 Å². The predicted molar refractivity (Wildman–Crippen MR) is 124 cm³/mol. The number of pyridine rings is 1. The summed E-state index contributed by atoms with van der Waals surface area (Å²) in [6, 6.07) is 14.3. The molecule has 1 N–H and O–H groups in total. The number of esters is 1. The highest BCUT2D eigenvalue weighted by molar-refractivity contribution is 5.96. The van der Waals surface area contributed by atoms with Crippen LogP contribution in [0.3, 0.4) is 0 Å². The first kappa shape index (κ1) is 23.3. The summed E-state index contributed by atoms with van der Waals surface area (Å²) in [6.45, 7) is 1.47. The van der Waals surface area contributed by atoms with Crippen molar-refractivity contribution in [1.29, 1.82) is 0 Å². The summed E-state index contributed by atoms with van der Waals surface area (Å²) in [5.41, 5.74) is 4.82. The zero-order valence-corrected chi connectivity index (χ0v) is 18.9. The van der Waals surface area contributed by atoms with Gasteiger partial charge in [-0.05, 0) is 67.5 Å². The molecule has 1 aliphatic carbocycles. The maximum Gasteiger partial charge on any atom is 0.311 e. The molecule has 3 atom stereocenters. The maximum atomic E-state index is 14.5. The summed E-state index contributed by atoms with van der Waals surface area (Å²) in [4.78, 5) is 16.6. The summed E-state index contributed by atoms with van der Waals surface area (Å²) in [6.07, 6.45) is 0.439. The number of halogens is 2. The number of methoxy groups -OCH3 is 1. The van der Waals surface area contributed by atoms with E-state index in [1.807, 2.05) is 24.3 Å². The lowest BCUT2D eigenvalue weighted by Gasteiger charge is -2.21. The molecule has 0 bridgehead atoms. The van der Waals surface area contributed by atoms with Gasteiger partial charge < -0.3 is 9.84 Å². The van der Waals surface area contributed by atoms with E-state index >= 15 is 0 Å². The van der Waals surface area contributed by atoms with Crippen LogP contribution in [0.4, 0.5) is 8.78 Å². The normalized spacial score (nSPS) is 16.4. The van der Waals surface area contributed by atoms with Crippen molar-refractivity contribution < 1.29 is 23.4 Å². The van der Waals surface area contributed by atoms with Gasteiger partial charge in [-0.15, -0.1) is 0 Å². The minimum Gasteiger partial charge on any atom is -0.469 e. The quantitative estimate of drug-likeness (QED) is 0.419. The number of rotatable bonds is 9. The van der Waals surface area contributed by atoms with Gasteiger partial charge in [0.15, 0.2) is 0 Å². The largest absolute Gasteiger partial charge is 0.469 e. The molecule has 0 spiro atoms. The van der Waals surface area contributed by atoms with Crippen molar-refractivity contribution in [2.24, 2.45) is 5.92 Å². The van der Waals surface area contributed by atoms with Crippen LogP contribution in [0.25, 0.3) is 22.0 Å². The molecule has 4 rings (SSSR count). The topological polar surface area (TPSA) is 59.4 Å². The number of fused-ring (bicyclic) bond motifs is 1. The molecule has 1 heterocycles. The Morgan fingerprint density at radius 2 is 1.88 bits per heavy atom. The van der Waals surface area contributed by atoms with E-state index in [-0.39, 0.29) is 12.2 Å². The Hall–Kier alpha value is -2.86. The molecule has 3 aromatic rings. The zero-order chi connectivity index (χ0) is 23.5. The van der Waals surface area contributed by atoms with Crippen LogP contribution in [0.1, 0.15) is 49.8 Å². The van der Waals surface area contributed by atoms with Gasteiger partial charge in [-0.2, -0.15) is 0 Å². The zero-order valence-electron chi connectivity index (χ0n) is 18.9. The van der Waals surface area contributed by atoms with Gasteiger partial charge in [0, 0.05) is 23.4 Å². The van der Waals surface area contributed by atoms with Crippen LogP contribution in [-0.4, -0.2) is 35.4 Å². The number of benzene rings is 2. The number of para-hydroxylation sites is 1. The average molecular weight is 454 g/mol. The molecule has 0 saturated heterocycles. The molecule has 0 radical (unpaired) electrons. The van der Waals surface area contributed by atoms with Crippen LogP contribution >= 0.6 is 0 Å². The molecule has 0 amide bonds. The number of carbonyl (C=O) groups excluding carboxylic acids is 1. The lowest BCUT2D eigenvalue weighted by Crippen LogP contribution is -2.27. The number of aliphatic hydroxyl groups is 1. The van der Waals surface area contributed by atoms with Crippen LogP contribution in [0.2, 0.25) is 0 Å². The van der Waals surface area contributed by atoms with E-state index in [4.69, 9.17) is 4.98 Å². The maximum absolute atomic E-state index is 14.5. The van der Waals surface area contributed by atoms with Crippen LogP contribution in [0.5, 0.6) is 0 Å². The van der Waals surface area contributed by atoms with E-state index in [1.54, 1.807) is 12.1 Å². The van der Waals surface area contributed by atoms with Crippen LogP contribution in [-0.2, 0) is 16.0 Å². The van der Waals surface area contributed by atoms with Crippen molar-refractivity contribution in [3.8, 4) is 11.1 Å². The third-order valence-electron chi connectivity index (χ3n) is 6.46. The fourth-order valence-corrected chi connectivity index (χ4v) is 4.39. The van der Waals surface area contributed by atoms with Gasteiger partial charge in [-0.1, -0.05) is 30.3 Å². The van der Waals surface area contributed by atoms with Crippen molar-refractivity contribution in [2.45, 2.75) is 57.2 Å². The van der Waals surface area contributed by atoms with Crippen molar-refractivity contribution in [3.63, 3.8) is 0 Å². The molecular weight excluding hydrogens is 424 g/mol. The number of carbonyl (C=O) groups is 1. The Balaban J connectivity index is 1.66. The van der Waals surface area contributed by atoms with Crippen LogP contribution in [0, 0.1) is 11.7 Å². The lowest BCUT2D eigenvalue weighted by molar-refractivity contribution is -0.147. The molecule has 6 heteroatoms. The molecule has 4 nitrogen and oxygen atoms in total. The molecule has 0 aliphatic heterocycles. The molecule has 33 heavy (non-hydrogen) atoms. The van der Waals surface area contributed by atoms with E-state index in [0.717, 1.165) is 46.1 Å². The number of nitrogens with zero attached hydrogens (tertiary/aromatic N) is 1. The minimum absolute atomic E-state index is 0.137. The second-order valence-electron chi connectivity index (χ2n) is 8.90. The number of ether oxygens (including phenoxy) is 1.